The van der Waals surface area contributed by atoms with Crippen molar-refractivity contribution in [2.75, 3.05) is 6.54 Å². The van der Waals surface area contributed by atoms with Crippen molar-refractivity contribution in [3.05, 3.63) is 60.2 Å². The number of likely N-dealkylation sites (tertiary alicyclic amines) is 2. The molecule has 44 heavy (non-hydrogen) atoms. The van der Waals surface area contributed by atoms with Crippen molar-refractivity contribution in [3.63, 3.8) is 0 Å². The minimum absolute atomic E-state index is 0.266. The maximum atomic E-state index is 12.5. The van der Waals surface area contributed by atoms with Crippen LogP contribution in [-0.2, 0) is 32.3 Å². The summed E-state index contributed by atoms with van der Waals surface area (Å²) in [4.78, 5) is 52.1. The molecule has 2 aromatic heterocycles. The lowest BCUT2D eigenvalue weighted by Crippen LogP contribution is -2.36. The van der Waals surface area contributed by atoms with Gasteiger partial charge in [-0.3, -0.25) is 19.7 Å². The molecule has 1 amide bonds. The quantitative estimate of drug-likeness (QED) is 0.416. The number of aliphatic carboxylic acids is 3. The van der Waals surface area contributed by atoms with Crippen LogP contribution >= 0.6 is 0 Å². The summed E-state index contributed by atoms with van der Waals surface area (Å²) in [6, 6.07) is 10.6. The Balaban J connectivity index is 0.000000379. The van der Waals surface area contributed by atoms with E-state index in [-0.39, 0.29) is 5.91 Å². The van der Waals surface area contributed by atoms with E-state index >= 15 is 0 Å². The molecule has 3 N–H and O–H groups in total. The zero-order chi connectivity index (χ0) is 33.9. The maximum Gasteiger partial charge on any atom is 0.490 e. The van der Waals surface area contributed by atoms with Gasteiger partial charge in [-0.2, -0.15) is 39.5 Å². The van der Waals surface area contributed by atoms with E-state index in [0.717, 1.165) is 30.8 Å². The minimum atomic E-state index is -5.08. The first-order valence-electron chi connectivity index (χ1n) is 11.9. The molecule has 0 radical (unpaired) electrons. The van der Waals surface area contributed by atoms with Gasteiger partial charge in [0.05, 0.1) is 5.69 Å². The van der Waals surface area contributed by atoms with Gasteiger partial charge in [0.1, 0.15) is 0 Å². The molecule has 0 bridgehead atoms. The number of pyridine rings is 2. The second-order valence-corrected chi connectivity index (χ2v) is 8.70. The van der Waals surface area contributed by atoms with Crippen molar-refractivity contribution >= 4 is 23.8 Å². The molecule has 4 heterocycles. The van der Waals surface area contributed by atoms with Crippen LogP contribution in [0.3, 0.4) is 0 Å². The Morgan fingerprint density at radius 2 is 1.23 bits per heavy atom. The lowest BCUT2D eigenvalue weighted by Gasteiger charge is -2.25. The van der Waals surface area contributed by atoms with Crippen LogP contribution in [0.2, 0.25) is 0 Å². The highest BCUT2D eigenvalue weighted by molar-refractivity contribution is 5.80. The van der Waals surface area contributed by atoms with Crippen LogP contribution in [0.25, 0.3) is 0 Å². The topological polar surface area (TPSA) is 161 Å². The van der Waals surface area contributed by atoms with Gasteiger partial charge in [0.2, 0.25) is 5.91 Å². The van der Waals surface area contributed by atoms with Crippen LogP contribution < -0.4 is 0 Å². The first-order valence-corrected chi connectivity index (χ1v) is 11.9. The number of carboxylic acids is 3. The monoisotopic (exact) mass is 650 g/mol. The molecule has 0 unspecified atom stereocenters. The molecular weight excluding hydrogens is 627 g/mol. The molecule has 2 aromatic rings. The second-order valence-electron chi connectivity index (χ2n) is 8.70. The lowest BCUT2D eigenvalue weighted by molar-refractivity contribution is -0.193. The Morgan fingerprint density at radius 1 is 0.750 bits per heavy atom. The van der Waals surface area contributed by atoms with Crippen molar-refractivity contribution in [3.8, 4) is 0 Å². The molecule has 244 valence electrons. The van der Waals surface area contributed by atoms with E-state index in [1.54, 1.807) is 12.4 Å². The number of halogens is 9. The van der Waals surface area contributed by atoms with Gasteiger partial charge in [0, 0.05) is 56.7 Å². The van der Waals surface area contributed by atoms with Crippen LogP contribution in [0.15, 0.2) is 48.9 Å². The Hall–Kier alpha value is -4.49. The fourth-order valence-corrected chi connectivity index (χ4v) is 3.80. The van der Waals surface area contributed by atoms with Crippen LogP contribution in [0.4, 0.5) is 39.5 Å². The summed E-state index contributed by atoms with van der Waals surface area (Å²) >= 11 is 0. The summed E-state index contributed by atoms with van der Waals surface area (Å²) in [6.07, 6.45) is -8.17. The van der Waals surface area contributed by atoms with Crippen molar-refractivity contribution in [1.29, 1.82) is 0 Å². The third kappa shape index (κ3) is 12.8. The van der Waals surface area contributed by atoms with Crippen molar-refractivity contribution in [2.24, 2.45) is 0 Å². The van der Waals surface area contributed by atoms with E-state index in [4.69, 9.17) is 29.7 Å². The lowest BCUT2D eigenvalue weighted by atomic mass is 10.1. The summed E-state index contributed by atoms with van der Waals surface area (Å²) in [5.41, 5.74) is 2.23. The number of amides is 1. The second kappa shape index (κ2) is 15.8. The van der Waals surface area contributed by atoms with E-state index in [9.17, 15) is 44.3 Å². The number of hydrogen-bond acceptors (Lipinski definition) is 7. The molecule has 0 saturated carbocycles. The number of fused-ring (bicyclic) bond motifs is 1. The van der Waals surface area contributed by atoms with Gasteiger partial charge in [-0.05, 0) is 36.2 Å². The Kier molecular flexibility index (Phi) is 13.5. The van der Waals surface area contributed by atoms with Crippen LogP contribution in [0.1, 0.15) is 24.1 Å². The van der Waals surface area contributed by atoms with Gasteiger partial charge in [0.25, 0.3) is 0 Å². The number of nitrogens with zero attached hydrogens (tertiary/aromatic N) is 4. The third-order valence-corrected chi connectivity index (χ3v) is 5.65. The molecule has 2 aliphatic rings. The first kappa shape index (κ1) is 37.5. The largest absolute Gasteiger partial charge is 0.490 e. The number of carbonyl (C=O) groups is 4. The summed E-state index contributed by atoms with van der Waals surface area (Å²) in [5, 5.41) is 21.4. The predicted octanol–water partition coefficient (Wildman–Crippen LogP) is 3.75. The standard InChI is InChI=1S/C18H20N4O.3C2HF3O2/c23-18-11-17-16(22(18)12-14-4-8-19-9-5-14)6-10-21(17)13-15-3-1-2-7-20-15;3*3-2(4,5)1(6)7/h1-5,7-9,16-17H,6,10-13H2;3*(H,6,7)/t16-,17+;;;/m0.../s1. The van der Waals surface area contributed by atoms with Gasteiger partial charge in [-0.1, -0.05) is 6.07 Å². The fraction of sp³-hybridized carbons (Fsp3) is 0.417. The van der Waals surface area contributed by atoms with Crippen molar-refractivity contribution in [1.82, 2.24) is 19.8 Å². The predicted molar refractivity (Wildman–Crippen MR) is 127 cm³/mol. The molecule has 4 rings (SSSR count). The van der Waals surface area contributed by atoms with Gasteiger partial charge < -0.3 is 20.2 Å². The number of carbonyl (C=O) groups excluding carboxylic acids is 1. The normalized spacial score (nSPS) is 18.0. The minimum Gasteiger partial charge on any atom is -0.475 e. The SMILES string of the molecule is O=C(O)C(F)(F)F.O=C(O)C(F)(F)F.O=C(O)C(F)(F)F.O=C1C[C@@H]2[C@H](CCN2Cc2ccccn2)N1Cc1ccncc1. The van der Waals surface area contributed by atoms with E-state index in [0.29, 0.717) is 25.0 Å². The highest BCUT2D eigenvalue weighted by atomic mass is 19.4. The molecule has 2 atom stereocenters. The van der Waals surface area contributed by atoms with E-state index in [1.807, 2.05) is 30.5 Å². The third-order valence-electron chi connectivity index (χ3n) is 5.65. The Bertz CT molecular complexity index is 1190. The summed E-state index contributed by atoms with van der Waals surface area (Å²) in [6.45, 7) is 2.56. The highest BCUT2D eigenvalue weighted by Gasteiger charge is 2.46. The molecule has 0 aromatic carbocycles. The smallest absolute Gasteiger partial charge is 0.475 e. The van der Waals surface area contributed by atoms with E-state index < -0.39 is 36.4 Å². The zero-order valence-electron chi connectivity index (χ0n) is 22.0. The molecule has 2 fully saturated rings. The average molecular weight is 650 g/mol. The van der Waals surface area contributed by atoms with Crippen LogP contribution in [0.5, 0.6) is 0 Å². The number of aromatic nitrogens is 2. The summed E-state index contributed by atoms with van der Waals surface area (Å²) in [5.74, 6) is -8.00. The Morgan fingerprint density at radius 3 is 1.64 bits per heavy atom. The van der Waals surface area contributed by atoms with Gasteiger partial charge >= 0.3 is 36.4 Å². The number of alkyl halides is 9. The Labute approximate surface area is 241 Å². The number of rotatable bonds is 4. The van der Waals surface area contributed by atoms with Gasteiger partial charge in [0.15, 0.2) is 0 Å². The molecule has 2 aliphatic heterocycles. The van der Waals surface area contributed by atoms with Crippen LogP contribution in [-0.4, -0.2) is 96.1 Å². The van der Waals surface area contributed by atoms with Crippen molar-refractivity contribution in [2.45, 2.75) is 56.5 Å². The van der Waals surface area contributed by atoms with E-state index in [1.165, 1.54) is 0 Å². The molecule has 11 nitrogen and oxygen atoms in total. The number of carboxylic acid groups (broad SMARTS) is 3. The van der Waals surface area contributed by atoms with E-state index in [2.05, 4.69) is 25.8 Å². The fourth-order valence-electron chi connectivity index (χ4n) is 3.80. The average Bonchev–Trinajstić information content (AvgIpc) is 3.43. The highest BCUT2D eigenvalue weighted by Crippen LogP contribution is 2.34. The molecule has 0 spiro atoms. The van der Waals surface area contributed by atoms with Gasteiger partial charge in [-0.15, -0.1) is 0 Å². The van der Waals surface area contributed by atoms with Crippen molar-refractivity contribution < 1.29 is 74.0 Å². The van der Waals surface area contributed by atoms with Crippen LogP contribution in [0, 0.1) is 0 Å². The first-order chi connectivity index (χ1) is 20.1. The molecular formula is C24H23F9N4O7. The molecule has 0 aliphatic carbocycles. The van der Waals surface area contributed by atoms with Gasteiger partial charge in [-0.25, -0.2) is 14.4 Å². The maximum absolute atomic E-state index is 12.5. The molecule has 20 heteroatoms. The summed E-state index contributed by atoms with van der Waals surface area (Å²) in [7, 11) is 0. The zero-order valence-corrected chi connectivity index (χ0v) is 22.0. The number of hydrogen-bond donors (Lipinski definition) is 3. The summed E-state index contributed by atoms with van der Waals surface area (Å²) < 4.78 is 95.2. The molecule has 2 saturated heterocycles.